The second kappa shape index (κ2) is 7.77. The van der Waals surface area contributed by atoms with Crippen LogP contribution in [0.5, 0.6) is 5.75 Å². The summed E-state index contributed by atoms with van der Waals surface area (Å²) >= 11 is 0. The summed E-state index contributed by atoms with van der Waals surface area (Å²) in [5.41, 5.74) is 2.12. The van der Waals surface area contributed by atoms with Crippen LogP contribution in [0.25, 0.3) is 11.4 Å². The van der Waals surface area contributed by atoms with Gasteiger partial charge in [0.1, 0.15) is 5.82 Å². The van der Waals surface area contributed by atoms with Gasteiger partial charge in [0.05, 0.1) is 4.92 Å². The molecule has 0 spiro atoms. The van der Waals surface area contributed by atoms with Crippen LogP contribution < -0.4 is 5.32 Å². The molecule has 1 heterocycles. The van der Waals surface area contributed by atoms with Gasteiger partial charge in [0.25, 0.3) is 5.69 Å². The van der Waals surface area contributed by atoms with Crippen molar-refractivity contribution in [2.75, 3.05) is 5.32 Å². The van der Waals surface area contributed by atoms with Gasteiger partial charge in [-0.1, -0.05) is 13.0 Å². The highest BCUT2D eigenvalue weighted by atomic mass is 19.1. The largest absolute Gasteiger partial charge is 0.505 e. The molecule has 3 rings (SSSR count). The molecule has 0 saturated carbocycles. The van der Waals surface area contributed by atoms with Gasteiger partial charge in [-0.15, -0.1) is 0 Å². The zero-order valence-corrected chi connectivity index (χ0v) is 14.5. The SMILES string of the molecule is CCc1cc(NCc2ccc(O)c(F)c2)nc(-c2ccc([N+](=O)[O-])cc2)n1. The molecule has 0 saturated heterocycles. The number of aryl methyl sites for hydroxylation is 1. The molecule has 0 aliphatic rings. The summed E-state index contributed by atoms with van der Waals surface area (Å²) in [5.74, 6) is -0.0698. The number of non-ortho nitro benzene ring substituents is 1. The monoisotopic (exact) mass is 368 g/mol. The molecule has 27 heavy (non-hydrogen) atoms. The van der Waals surface area contributed by atoms with E-state index >= 15 is 0 Å². The predicted octanol–water partition coefficient (Wildman–Crippen LogP) is 4.07. The number of halogens is 1. The molecule has 0 aliphatic carbocycles. The predicted molar refractivity (Wildman–Crippen MR) is 98.9 cm³/mol. The molecule has 2 N–H and O–H groups in total. The standard InChI is InChI=1S/C19H17FN4O3/c1-2-14-10-18(21-11-12-3-8-17(25)16(20)9-12)23-19(22-14)13-4-6-15(7-5-13)24(26)27/h3-10,25H,2,11H2,1H3,(H,21,22,23). The van der Waals surface area contributed by atoms with Crippen LogP contribution in [0.3, 0.4) is 0 Å². The van der Waals surface area contributed by atoms with E-state index in [4.69, 9.17) is 0 Å². The number of hydrogen-bond acceptors (Lipinski definition) is 6. The first-order chi connectivity index (χ1) is 13.0. The summed E-state index contributed by atoms with van der Waals surface area (Å²) in [6.07, 6.45) is 0.686. The lowest BCUT2D eigenvalue weighted by Gasteiger charge is -2.10. The number of aromatic nitrogens is 2. The Morgan fingerprint density at radius 2 is 1.89 bits per heavy atom. The Morgan fingerprint density at radius 3 is 2.52 bits per heavy atom. The van der Waals surface area contributed by atoms with Crippen LogP contribution in [-0.2, 0) is 13.0 Å². The molecule has 8 heteroatoms. The van der Waals surface area contributed by atoms with E-state index in [1.54, 1.807) is 24.3 Å². The number of nitro groups is 1. The quantitative estimate of drug-likeness (QED) is 0.502. The number of nitro benzene ring substituents is 1. The second-order valence-corrected chi connectivity index (χ2v) is 5.86. The number of hydrogen-bond donors (Lipinski definition) is 2. The van der Waals surface area contributed by atoms with Gasteiger partial charge >= 0.3 is 0 Å². The maximum absolute atomic E-state index is 13.4. The minimum Gasteiger partial charge on any atom is -0.505 e. The molecule has 0 bridgehead atoms. The zero-order chi connectivity index (χ0) is 19.4. The third kappa shape index (κ3) is 4.35. The third-order valence-electron chi connectivity index (χ3n) is 3.96. The molecule has 0 radical (unpaired) electrons. The number of phenolic OH excluding ortho intramolecular Hbond substituents is 1. The number of benzene rings is 2. The van der Waals surface area contributed by atoms with Crippen LogP contribution in [0.4, 0.5) is 15.9 Å². The van der Waals surface area contributed by atoms with E-state index in [2.05, 4.69) is 15.3 Å². The van der Waals surface area contributed by atoms with Crippen molar-refractivity contribution >= 4 is 11.5 Å². The Kier molecular flexibility index (Phi) is 5.25. The summed E-state index contributed by atoms with van der Waals surface area (Å²) in [6.45, 7) is 2.28. The first-order valence-corrected chi connectivity index (χ1v) is 8.30. The summed E-state index contributed by atoms with van der Waals surface area (Å²) in [4.78, 5) is 19.2. The summed E-state index contributed by atoms with van der Waals surface area (Å²) in [6, 6.07) is 12.0. The van der Waals surface area contributed by atoms with Crippen molar-refractivity contribution in [3.8, 4) is 17.1 Å². The van der Waals surface area contributed by atoms with E-state index in [1.807, 2.05) is 6.92 Å². The molecule has 3 aromatic rings. The van der Waals surface area contributed by atoms with E-state index in [9.17, 15) is 19.6 Å². The van der Waals surface area contributed by atoms with E-state index in [-0.39, 0.29) is 5.69 Å². The molecule has 0 atom stereocenters. The average molecular weight is 368 g/mol. The number of anilines is 1. The average Bonchev–Trinajstić information content (AvgIpc) is 2.68. The van der Waals surface area contributed by atoms with Gasteiger partial charge in [-0.2, -0.15) is 0 Å². The molecular weight excluding hydrogens is 351 g/mol. The van der Waals surface area contributed by atoms with Crippen LogP contribution in [-0.4, -0.2) is 20.0 Å². The number of nitrogens with zero attached hydrogens (tertiary/aromatic N) is 3. The number of aromatic hydroxyl groups is 1. The fourth-order valence-corrected chi connectivity index (χ4v) is 2.48. The first kappa shape index (κ1) is 18.2. The van der Waals surface area contributed by atoms with Gasteiger partial charge in [-0.05, 0) is 36.2 Å². The highest BCUT2D eigenvalue weighted by molar-refractivity contribution is 5.59. The molecule has 7 nitrogen and oxygen atoms in total. The van der Waals surface area contributed by atoms with Crippen molar-refractivity contribution in [1.82, 2.24) is 9.97 Å². The van der Waals surface area contributed by atoms with E-state index < -0.39 is 16.5 Å². The zero-order valence-electron chi connectivity index (χ0n) is 14.5. The van der Waals surface area contributed by atoms with Crippen molar-refractivity contribution in [1.29, 1.82) is 0 Å². The van der Waals surface area contributed by atoms with Crippen LogP contribution in [0.15, 0.2) is 48.5 Å². The minimum absolute atomic E-state index is 0.00176. The molecule has 0 amide bonds. The highest BCUT2D eigenvalue weighted by Crippen LogP contribution is 2.22. The molecular formula is C19H17FN4O3. The van der Waals surface area contributed by atoms with Crippen LogP contribution in [0.1, 0.15) is 18.2 Å². The maximum atomic E-state index is 13.4. The van der Waals surface area contributed by atoms with Gasteiger partial charge in [-0.3, -0.25) is 10.1 Å². The van der Waals surface area contributed by atoms with Crippen LogP contribution in [0.2, 0.25) is 0 Å². The Balaban J connectivity index is 1.84. The lowest BCUT2D eigenvalue weighted by molar-refractivity contribution is -0.384. The van der Waals surface area contributed by atoms with E-state index in [1.165, 1.54) is 24.3 Å². The fraction of sp³-hybridized carbons (Fsp3) is 0.158. The maximum Gasteiger partial charge on any atom is 0.269 e. The lowest BCUT2D eigenvalue weighted by Crippen LogP contribution is -2.05. The first-order valence-electron chi connectivity index (χ1n) is 8.30. The molecule has 0 fully saturated rings. The van der Waals surface area contributed by atoms with Gasteiger partial charge < -0.3 is 10.4 Å². The van der Waals surface area contributed by atoms with Crippen molar-refractivity contribution < 1.29 is 14.4 Å². The van der Waals surface area contributed by atoms with Gasteiger partial charge in [0, 0.05) is 36.0 Å². The van der Waals surface area contributed by atoms with Crippen LogP contribution >= 0.6 is 0 Å². The Labute approximate surface area is 154 Å². The summed E-state index contributed by atoms with van der Waals surface area (Å²) in [5, 5.41) is 23.2. The molecule has 0 aliphatic heterocycles. The van der Waals surface area contributed by atoms with Crippen molar-refractivity contribution in [2.45, 2.75) is 19.9 Å². The van der Waals surface area contributed by atoms with Crippen molar-refractivity contribution in [3.63, 3.8) is 0 Å². The fourth-order valence-electron chi connectivity index (χ4n) is 2.48. The van der Waals surface area contributed by atoms with Crippen LogP contribution in [0, 0.1) is 15.9 Å². The molecule has 0 unspecified atom stereocenters. The summed E-state index contributed by atoms with van der Waals surface area (Å²) in [7, 11) is 0. The summed E-state index contributed by atoms with van der Waals surface area (Å²) < 4.78 is 13.4. The van der Waals surface area contributed by atoms with Gasteiger partial charge in [0.15, 0.2) is 17.4 Å². The third-order valence-corrected chi connectivity index (χ3v) is 3.96. The van der Waals surface area contributed by atoms with E-state index in [0.717, 1.165) is 5.69 Å². The molecule has 138 valence electrons. The van der Waals surface area contributed by atoms with Gasteiger partial charge in [-0.25, -0.2) is 14.4 Å². The minimum atomic E-state index is -0.683. The van der Waals surface area contributed by atoms with Crippen molar-refractivity contribution in [3.05, 3.63) is 75.7 Å². The number of rotatable bonds is 6. The molecule has 1 aromatic heterocycles. The molecule has 2 aromatic carbocycles. The lowest BCUT2D eigenvalue weighted by atomic mass is 10.2. The van der Waals surface area contributed by atoms with Gasteiger partial charge in [0.2, 0.25) is 0 Å². The van der Waals surface area contributed by atoms with Crippen molar-refractivity contribution in [2.24, 2.45) is 0 Å². The highest BCUT2D eigenvalue weighted by Gasteiger charge is 2.10. The Hall–Kier alpha value is -3.55. The Morgan fingerprint density at radius 1 is 1.15 bits per heavy atom. The number of nitrogens with one attached hydrogen (secondary N) is 1. The Bertz CT molecular complexity index is 977. The van der Waals surface area contributed by atoms with E-state index in [0.29, 0.717) is 35.7 Å². The second-order valence-electron chi connectivity index (χ2n) is 5.86. The smallest absolute Gasteiger partial charge is 0.269 e. The topological polar surface area (TPSA) is 101 Å². The normalized spacial score (nSPS) is 10.6. The number of phenols is 1.